The lowest BCUT2D eigenvalue weighted by molar-refractivity contribution is 0.304. The Morgan fingerprint density at radius 2 is 1.95 bits per heavy atom. The second kappa shape index (κ2) is 6.79. The fourth-order valence-electron chi connectivity index (χ4n) is 2.00. The monoisotopic (exact) mass is 266 g/mol. The van der Waals surface area contributed by atoms with Gasteiger partial charge in [-0.1, -0.05) is 41.7 Å². The van der Waals surface area contributed by atoms with E-state index < -0.39 is 0 Å². The lowest BCUT2D eigenvalue weighted by Gasteiger charge is -2.10. The summed E-state index contributed by atoms with van der Waals surface area (Å²) in [6.45, 7) is 4.51. The highest BCUT2D eigenvalue weighted by Crippen LogP contribution is 2.20. The van der Waals surface area contributed by atoms with E-state index >= 15 is 0 Å². The van der Waals surface area contributed by atoms with Crippen molar-refractivity contribution in [2.75, 3.05) is 6.61 Å². The van der Waals surface area contributed by atoms with Crippen molar-refractivity contribution in [1.29, 1.82) is 0 Å². The number of benzene rings is 2. The van der Waals surface area contributed by atoms with Gasteiger partial charge < -0.3 is 9.84 Å². The van der Waals surface area contributed by atoms with Gasteiger partial charge in [-0.2, -0.15) is 0 Å². The SMILES string of the molecule is Cc1ccc(OCc2cccc(C#CCO)c2)c(C)c1. The molecular weight excluding hydrogens is 248 g/mol. The van der Waals surface area contributed by atoms with E-state index in [1.807, 2.05) is 43.3 Å². The van der Waals surface area contributed by atoms with Crippen molar-refractivity contribution >= 4 is 0 Å². The number of hydrogen-bond acceptors (Lipinski definition) is 2. The van der Waals surface area contributed by atoms with Crippen molar-refractivity contribution < 1.29 is 9.84 Å². The molecule has 0 bridgehead atoms. The van der Waals surface area contributed by atoms with Crippen LogP contribution in [0.15, 0.2) is 42.5 Å². The minimum Gasteiger partial charge on any atom is -0.489 e. The van der Waals surface area contributed by atoms with Crippen LogP contribution in [0.4, 0.5) is 0 Å². The van der Waals surface area contributed by atoms with Crippen LogP contribution < -0.4 is 4.74 Å². The summed E-state index contributed by atoms with van der Waals surface area (Å²) in [6.07, 6.45) is 0. The summed E-state index contributed by atoms with van der Waals surface area (Å²) in [7, 11) is 0. The van der Waals surface area contributed by atoms with Crippen LogP contribution in [0.3, 0.4) is 0 Å². The molecule has 2 rings (SSSR count). The summed E-state index contributed by atoms with van der Waals surface area (Å²) < 4.78 is 5.84. The van der Waals surface area contributed by atoms with Crippen LogP contribution in [0, 0.1) is 25.7 Å². The van der Waals surface area contributed by atoms with Crippen molar-refractivity contribution in [2.24, 2.45) is 0 Å². The predicted molar refractivity (Wildman–Crippen MR) is 80.7 cm³/mol. The Kier molecular flexibility index (Phi) is 4.81. The van der Waals surface area contributed by atoms with E-state index in [1.165, 1.54) is 5.56 Å². The van der Waals surface area contributed by atoms with E-state index in [2.05, 4.69) is 24.8 Å². The summed E-state index contributed by atoms with van der Waals surface area (Å²) in [5.74, 6) is 6.45. The molecule has 0 unspecified atom stereocenters. The number of rotatable bonds is 3. The lowest BCUT2D eigenvalue weighted by atomic mass is 10.1. The second-order valence-electron chi connectivity index (χ2n) is 4.72. The van der Waals surface area contributed by atoms with Crippen molar-refractivity contribution in [3.63, 3.8) is 0 Å². The molecule has 0 aliphatic rings. The molecule has 0 amide bonds. The van der Waals surface area contributed by atoms with Gasteiger partial charge in [-0.05, 0) is 43.2 Å². The quantitative estimate of drug-likeness (QED) is 0.864. The molecule has 0 aliphatic heterocycles. The highest BCUT2D eigenvalue weighted by Gasteiger charge is 2.01. The highest BCUT2D eigenvalue weighted by molar-refractivity contribution is 5.38. The van der Waals surface area contributed by atoms with E-state index in [0.717, 1.165) is 22.4 Å². The number of ether oxygens (including phenoxy) is 1. The molecule has 0 fully saturated rings. The fraction of sp³-hybridized carbons (Fsp3) is 0.222. The highest BCUT2D eigenvalue weighted by atomic mass is 16.5. The van der Waals surface area contributed by atoms with Crippen LogP contribution in [-0.2, 0) is 6.61 Å². The van der Waals surface area contributed by atoms with Crippen LogP contribution >= 0.6 is 0 Å². The largest absolute Gasteiger partial charge is 0.489 e. The predicted octanol–water partition coefficient (Wildman–Crippen LogP) is 3.23. The number of aliphatic hydroxyl groups is 1. The summed E-state index contributed by atoms with van der Waals surface area (Å²) in [5.41, 5.74) is 4.33. The van der Waals surface area contributed by atoms with E-state index in [0.29, 0.717) is 6.61 Å². The van der Waals surface area contributed by atoms with E-state index in [-0.39, 0.29) is 6.61 Å². The van der Waals surface area contributed by atoms with Gasteiger partial charge in [0.15, 0.2) is 0 Å². The van der Waals surface area contributed by atoms with Crippen LogP contribution in [0.1, 0.15) is 22.3 Å². The van der Waals surface area contributed by atoms with Crippen molar-refractivity contribution in [3.8, 4) is 17.6 Å². The van der Waals surface area contributed by atoms with Crippen LogP contribution in [-0.4, -0.2) is 11.7 Å². The number of hydrogen-bond donors (Lipinski definition) is 1. The second-order valence-corrected chi connectivity index (χ2v) is 4.72. The first-order valence-electron chi connectivity index (χ1n) is 6.58. The maximum absolute atomic E-state index is 8.70. The van der Waals surface area contributed by atoms with E-state index in [1.54, 1.807) is 0 Å². The van der Waals surface area contributed by atoms with Crippen molar-refractivity contribution in [1.82, 2.24) is 0 Å². The smallest absolute Gasteiger partial charge is 0.122 e. The average molecular weight is 266 g/mol. The molecule has 0 heterocycles. The molecule has 20 heavy (non-hydrogen) atoms. The van der Waals surface area contributed by atoms with Crippen molar-refractivity contribution in [3.05, 3.63) is 64.7 Å². The van der Waals surface area contributed by atoms with Gasteiger partial charge in [-0.3, -0.25) is 0 Å². The molecule has 2 heteroatoms. The molecule has 0 radical (unpaired) electrons. The zero-order valence-corrected chi connectivity index (χ0v) is 11.8. The molecule has 0 aromatic heterocycles. The van der Waals surface area contributed by atoms with Gasteiger partial charge in [-0.15, -0.1) is 0 Å². The maximum Gasteiger partial charge on any atom is 0.122 e. The van der Waals surface area contributed by atoms with Gasteiger partial charge in [0, 0.05) is 5.56 Å². The van der Waals surface area contributed by atoms with Gasteiger partial charge >= 0.3 is 0 Å². The molecule has 2 aromatic rings. The van der Waals surface area contributed by atoms with E-state index in [9.17, 15) is 0 Å². The van der Waals surface area contributed by atoms with Gasteiger partial charge in [0.25, 0.3) is 0 Å². The molecule has 2 aromatic carbocycles. The molecule has 0 saturated carbocycles. The summed E-state index contributed by atoms with van der Waals surface area (Å²) in [4.78, 5) is 0. The topological polar surface area (TPSA) is 29.5 Å². The first-order chi connectivity index (χ1) is 9.69. The normalized spacial score (nSPS) is 9.75. The minimum absolute atomic E-state index is 0.122. The van der Waals surface area contributed by atoms with Gasteiger partial charge in [0.05, 0.1) is 0 Å². The molecule has 0 atom stereocenters. The van der Waals surface area contributed by atoms with Crippen LogP contribution in [0.5, 0.6) is 5.75 Å². The minimum atomic E-state index is -0.122. The van der Waals surface area contributed by atoms with Gasteiger partial charge in [0.1, 0.15) is 19.0 Å². The van der Waals surface area contributed by atoms with Crippen molar-refractivity contribution in [2.45, 2.75) is 20.5 Å². The first-order valence-corrected chi connectivity index (χ1v) is 6.58. The first kappa shape index (κ1) is 14.2. The Hall–Kier alpha value is -2.24. The third kappa shape index (κ3) is 3.88. The Labute approximate surface area is 120 Å². The summed E-state index contributed by atoms with van der Waals surface area (Å²) >= 11 is 0. The molecule has 0 saturated heterocycles. The van der Waals surface area contributed by atoms with Gasteiger partial charge in [-0.25, -0.2) is 0 Å². The fourth-order valence-corrected chi connectivity index (χ4v) is 2.00. The summed E-state index contributed by atoms with van der Waals surface area (Å²) in [6, 6.07) is 14.0. The third-order valence-corrected chi connectivity index (χ3v) is 2.96. The Bertz CT molecular complexity index is 648. The van der Waals surface area contributed by atoms with Crippen LogP contribution in [0.2, 0.25) is 0 Å². The number of aryl methyl sites for hydroxylation is 2. The molecule has 2 nitrogen and oxygen atoms in total. The zero-order valence-electron chi connectivity index (χ0n) is 11.8. The van der Waals surface area contributed by atoms with Gasteiger partial charge in [0.2, 0.25) is 0 Å². The Morgan fingerprint density at radius 3 is 2.70 bits per heavy atom. The molecular formula is C18H18O2. The number of aliphatic hydroxyl groups excluding tert-OH is 1. The average Bonchev–Trinajstić information content (AvgIpc) is 2.45. The Morgan fingerprint density at radius 1 is 1.10 bits per heavy atom. The third-order valence-electron chi connectivity index (χ3n) is 2.96. The molecule has 102 valence electrons. The van der Waals surface area contributed by atoms with Crippen LogP contribution in [0.25, 0.3) is 0 Å². The van der Waals surface area contributed by atoms with E-state index in [4.69, 9.17) is 9.84 Å². The summed E-state index contributed by atoms with van der Waals surface area (Å²) in [5, 5.41) is 8.70. The molecule has 0 aliphatic carbocycles. The molecule has 1 N–H and O–H groups in total. The lowest BCUT2D eigenvalue weighted by Crippen LogP contribution is -1.97. The maximum atomic E-state index is 8.70. The standard InChI is InChI=1S/C18H18O2/c1-14-8-9-18(15(2)11-14)20-13-17-6-3-5-16(12-17)7-4-10-19/h3,5-6,8-9,11-12,19H,10,13H2,1-2H3. The molecule has 0 spiro atoms. The zero-order chi connectivity index (χ0) is 14.4. The Balaban J connectivity index is 2.07.